The lowest BCUT2D eigenvalue weighted by Gasteiger charge is -2.23. The second-order valence-corrected chi connectivity index (χ2v) is 6.78. The molecule has 28 heavy (non-hydrogen) atoms. The first-order chi connectivity index (χ1) is 12.9. The highest BCUT2D eigenvalue weighted by atomic mass is 16.4. The molecule has 9 N–H and O–H groups in total. The standard InChI is InChI=1S/C16H29N5O7/c1-7(2)4-9(17)13(24)21-11(6-22)15(26)20-10(5-12(18)23)14(25)19-8(3)16(27)28/h7-11,22H,4-6,17H2,1-3H3,(H2,18,23)(H,19,25)(H,20,26)(H,21,24)(H,27,28). The fourth-order valence-electron chi connectivity index (χ4n) is 2.15. The van der Waals surface area contributed by atoms with Crippen molar-refractivity contribution < 1.29 is 34.2 Å². The van der Waals surface area contributed by atoms with E-state index in [1.165, 1.54) is 6.92 Å². The van der Waals surface area contributed by atoms with E-state index in [9.17, 15) is 29.1 Å². The van der Waals surface area contributed by atoms with Crippen LogP contribution in [0.1, 0.15) is 33.6 Å². The second kappa shape index (κ2) is 11.9. The molecule has 0 aliphatic heterocycles. The summed E-state index contributed by atoms with van der Waals surface area (Å²) in [6, 6.07) is -5.09. The van der Waals surface area contributed by atoms with E-state index in [0.717, 1.165) is 0 Å². The zero-order chi connectivity index (χ0) is 22.0. The number of hydrogen-bond donors (Lipinski definition) is 7. The number of aliphatic carboxylic acids is 1. The highest BCUT2D eigenvalue weighted by Crippen LogP contribution is 2.03. The number of primary amides is 1. The summed E-state index contributed by atoms with van der Waals surface area (Å²) in [5.74, 6) is -4.71. The van der Waals surface area contributed by atoms with Crippen LogP contribution in [0, 0.1) is 5.92 Å². The highest BCUT2D eigenvalue weighted by molar-refractivity contribution is 5.96. The molecule has 0 saturated heterocycles. The van der Waals surface area contributed by atoms with Gasteiger partial charge in [0, 0.05) is 0 Å². The van der Waals surface area contributed by atoms with Crippen LogP contribution in [-0.4, -0.2) is 70.6 Å². The molecule has 0 aliphatic rings. The van der Waals surface area contributed by atoms with Crippen molar-refractivity contribution in [1.82, 2.24) is 16.0 Å². The molecule has 4 atom stereocenters. The summed E-state index contributed by atoms with van der Waals surface area (Å²) in [7, 11) is 0. The Morgan fingerprint density at radius 2 is 1.39 bits per heavy atom. The van der Waals surface area contributed by atoms with E-state index in [4.69, 9.17) is 16.6 Å². The van der Waals surface area contributed by atoms with Crippen molar-refractivity contribution in [3.8, 4) is 0 Å². The van der Waals surface area contributed by atoms with Gasteiger partial charge in [-0.2, -0.15) is 0 Å². The predicted molar refractivity (Wildman–Crippen MR) is 97.4 cm³/mol. The van der Waals surface area contributed by atoms with Gasteiger partial charge in [-0.3, -0.25) is 24.0 Å². The third kappa shape index (κ3) is 9.28. The summed E-state index contributed by atoms with van der Waals surface area (Å²) in [6.45, 7) is 4.11. The first kappa shape index (κ1) is 25.3. The molecule has 0 spiro atoms. The quantitative estimate of drug-likeness (QED) is 0.175. The number of carboxylic acid groups (broad SMARTS) is 1. The average molecular weight is 403 g/mol. The molecule has 0 aliphatic carbocycles. The number of carbonyl (C=O) groups is 5. The molecule has 12 heteroatoms. The maximum atomic E-state index is 12.3. The van der Waals surface area contributed by atoms with Crippen LogP contribution in [0.25, 0.3) is 0 Å². The van der Waals surface area contributed by atoms with Crippen molar-refractivity contribution in [2.45, 2.75) is 57.8 Å². The van der Waals surface area contributed by atoms with Gasteiger partial charge in [-0.25, -0.2) is 0 Å². The Balaban J connectivity index is 5.10. The Morgan fingerprint density at radius 3 is 1.82 bits per heavy atom. The number of aliphatic hydroxyl groups excluding tert-OH is 1. The largest absolute Gasteiger partial charge is 0.480 e. The van der Waals surface area contributed by atoms with E-state index in [0.29, 0.717) is 6.42 Å². The van der Waals surface area contributed by atoms with E-state index in [2.05, 4.69) is 16.0 Å². The Hall–Kier alpha value is -2.73. The van der Waals surface area contributed by atoms with E-state index in [1.807, 2.05) is 13.8 Å². The second-order valence-electron chi connectivity index (χ2n) is 6.78. The van der Waals surface area contributed by atoms with E-state index in [1.54, 1.807) is 0 Å². The minimum Gasteiger partial charge on any atom is -0.480 e. The number of aliphatic hydroxyl groups is 1. The fraction of sp³-hybridized carbons (Fsp3) is 0.688. The average Bonchev–Trinajstić information content (AvgIpc) is 2.57. The summed E-state index contributed by atoms with van der Waals surface area (Å²) in [5, 5.41) is 24.7. The van der Waals surface area contributed by atoms with Crippen LogP contribution >= 0.6 is 0 Å². The lowest BCUT2D eigenvalue weighted by molar-refractivity contribution is -0.142. The van der Waals surface area contributed by atoms with Gasteiger partial charge in [-0.1, -0.05) is 13.8 Å². The van der Waals surface area contributed by atoms with E-state index < -0.39 is 66.8 Å². The van der Waals surface area contributed by atoms with Gasteiger partial charge in [-0.05, 0) is 19.3 Å². The molecular formula is C16H29N5O7. The Morgan fingerprint density at radius 1 is 0.893 bits per heavy atom. The van der Waals surface area contributed by atoms with Crippen LogP contribution in [0.5, 0.6) is 0 Å². The summed E-state index contributed by atoms with van der Waals surface area (Å²) in [5.41, 5.74) is 10.8. The molecule has 4 unspecified atom stereocenters. The predicted octanol–water partition coefficient (Wildman–Crippen LogP) is -3.21. The smallest absolute Gasteiger partial charge is 0.325 e. The summed E-state index contributed by atoms with van der Waals surface area (Å²) in [6.07, 6.45) is -0.256. The molecule has 0 aromatic carbocycles. The summed E-state index contributed by atoms with van der Waals surface area (Å²) < 4.78 is 0. The lowest BCUT2D eigenvalue weighted by Crippen LogP contribution is -2.58. The molecule has 0 aromatic rings. The lowest BCUT2D eigenvalue weighted by atomic mass is 10.0. The van der Waals surface area contributed by atoms with Crippen molar-refractivity contribution in [2.75, 3.05) is 6.61 Å². The molecule has 0 heterocycles. The number of amides is 4. The monoisotopic (exact) mass is 403 g/mol. The molecule has 0 saturated carbocycles. The molecule has 4 amide bonds. The Kier molecular flexibility index (Phi) is 10.7. The van der Waals surface area contributed by atoms with Crippen LogP contribution in [0.2, 0.25) is 0 Å². The van der Waals surface area contributed by atoms with Crippen molar-refractivity contribution in [1.29, 1.82) is 0 Å². The fourth-order valence-corrected chi connectivity index (χ4v) is 2.15. The van der Waals surface area contributed by atoms with E-state index in [-0.39, 0.29) is 5.92 Å². The van der Waals surface area contributed by atoms with Crippen LogP contribution in [0.15, 0.2) is 0 Å². The SMILES string of the molecule is CC(C)CC(N)C(=O)NC(CO)C(=O)NC(CC(N)=O)C(=O)NC(C)C(=O)O. The third-order valence-electron chi connectivity index (χ3n) is 3.65. The number of hydrogen-bond acceptors (Lipinski definition) is 7. The van der Waals surface area contributed by atoms with Crippen molar-refractivity contribution in [3.63, 3.8) is 0 Å². The zero-order valence-electron chi connectivity index (χ0n) is 16.1. The van der Waals surface area contributed by atoms with Gasteiger partial charge < -0.3 is 37.6 Å². The number of carbonyl (C=O) groups excluding carboxylic acids is 4. The topological polar surface area (TPSA) is 214 Å². The maximum absolute atomic E-state index is 12.3. The van der Waals surface area contributed by atoms with Gasteiger partial charge in [0.25, 0.3) is 0 Å². The molecular weight excluding hydrogens is 374 g/mol. The van der Waals surface area contributed by atoms with Crippen molar-refractivity contribution in [2.24, 2.45) is 17.4 Å². The molecule has 0 bridgehead atoms. The molecule has 0 radical (unpaired) electrons. The van der Waals surface area contributed by atoms with Gasteiger partial charge in [0.2, 0.25) is 23.6 Å². The summed E-state index contributed by atoms with van der Waals surface area (Å²) in [4.78, 5) is 58.4. The zero-order valence-corrected chi connectivity index (χ0v) is 16.1. The molecule has 0 aromatic heterocycles. The van der Waals surface area contributed by atoms with Crippen LogP contribution < -0.4 is 27.4 Å². The Bertz CT molecular complexity index is 596. The van der Waals surface area contributed by atoms with Crippen molar-refractivity contribution in [3.05, 3.63) is 0 Å². The van der Waals surface area contributed by atoms with Gasteiger partial charge in [0.05, 0.1) is 19.1 Å². The molecule has 0 rings (SSSR count). The minimum absolute atomic E-state index is 0.127. The first-order valence-electron chi connectivity index (χ1n) is 8.67. The molecule has 160 valence electrons. The summed E-state index contributed by atoms with van der Waals surface area (Å²) >= 11 is 0. The molecule has 12 nitrogen and oxygen atoms in total. The highest BCUT2D eigenvalue weighted by Gasteiger charge is 2.30. The van der Waals surface area contributed by atoms with Gasteiger partial charge in [0.1, 0.15) is 18.1 Å². The minimum atomic E-state index is -1.48. The number of rotatable bonds is 12. The normalized spacial score (nSPS) is 15.1. The number of carboxylic acids is 1. The van der Waals surface area contributed by atoms with Crippen LogP contribution in [-0.2, 0) is 24.0 Å². The third-order valence-corrected chi connectivity index (χ3v) is 3.65. The van der Waals surface area contributed by atoms with Gasteiger partial charge >= 0.3 is 5.97 Å². The van der Waals surface area contributed by atoms with Gasteiger partial charge in [-0.15, -0.1) is 0 Å². The first-order valence-corrected chi connectivity index (χ1v) is 8.67. The number of nitrogens with one attached hydrogen (secondary N) is 3. The van der Waals surface area contributed by atoms with Crippen LogP contribution in [0.4, 0.5) is 0 Å². The molecule has 0 fully saturated rings. The van der Waals surface area contributed by atoms with E-state index >= 15 is 0 Å². The number of nitrogens with two attached hydrogens (primary N) is 2. The van der Waals surface area contributed by atoms with Crippen LogP contribution in [0.3, 0.4) is 0 Å². The van der Waals surface area contributed by atoms with Crippen molar-refractivity contribution >= 4 is 29.6 Å². The Labute approximate surface area is 162 Å². The maximum Gasteiger partial charge on any atom is 0.325 e. The van der Waals surface area contributed by atoms with Gasteiger partial charge in [0.15, 0.2) is 0 Å².